The van der Waals surface area contributed by atoms with Gasteiger partial charge in [0.2, 0.25) is 0 Å². The van der Waals surface area contributed by atoms with Crippen LogP contribution in [0.2, 0.25) is 10.0 Å². The molecule has 0 unspecified atom stereocenters. The molecule has 0 amide bonds. The van der Waals surface area contributed by atoms with E-state index in [1.165, 1.54) is 18.5 Å². The number of halogens is 3. The lowest BCUT2D eigenvalue weighted by molar-refractivity contribution is 0.217. The van der Waals surface area contributed by atoms with Crippen LogP contribution in [0.5, 0.6) is 5.75 Å². The van der Waals surface area contributed by atoms with Gasteiger partial charge in [-0.15, -0.1) is 0 Å². The van der Waals surface area contributed by atoms with Gasteiger partial charge in [-0.1, -0.05) is 23.2 Å². The maximum atomic E-state index is 14.7. The Morgan fingerprint density at radius 1 is 1.09 bits per heavy atom. The molecule has 0 saturated heterocycles. The number of rotatable bonds is 6. The number of aromatic nitrogens is 6. The van der Waals surface area contributed by atoms with Gasteiger partial charge in [0.1, 0.15) is 17.9 Å². The fraction of sp³-hybridized carbons (Fsp3) is 0.125. The molecule has 0 aliphatic rings. The number of fused-ring (bicyclic) bond motifs is 1. The third-order valence-corrected chi connectivity index (χ3v) is 6.08. The van der Waals surface area contributed by atoms with E-state index in [-0.39, 0.29) is 15.7 Å². The number of hydrogen-bond donors (Lipinski definition) is 1. The molecule has 0 aliphatic heterocycles. The van der Waals surface area contributed by atoms with Gasteiger partial charge in [0, 0.05) is 42.2 Å². The molecule has 0 fully saturated rings. The van der Waals surface area contributed by atoms with Crippen molar-refractivity contribution in [1.29, 1.82) is 0 Å². The summed E-state index contributed by atoms with van der Waals surface area (Å²) in [5, 5.41) is 7.83. The summed E-state index contributed by atoms with van der Waals surface area (Å²) in [5.41, 5.74) is 2.37. The minimum Gasteiger partial charge on any atom is -0.482 e. The molecule has 1 atom stereocenters. The van der Waals surface area contributed by atoms with Crippen LogP contribution in [-0.4, -0.2) is 29.7 Å². The van der Waals surface area contributed by atoms with Gasteiger partial charge < -0.3 is 10.1 Å². The average molecular weight is 510 g/mol. The van der Waals surface area contributed by atoms with Gasteiger partial charge in [0.15, 0.2) is 17.7 Å². The van der Waals surface area contributed by atoms with Gasteiger partial charge >= 0.3 is 0 Å². The first kappa shape index (κ1) is 22.9. The number of nitrogens with one attached hydrogen (secondary N) is 1. The standard InChI is InChI=1S/C24H18Cl2FN7O/c1-13(23-28-6-3-7-29-23)35-20-9-16-19(8-15(20)14-10-32-34(2)11-14)30-12-31-24(16)33-18-5-4-17(25)21(26)22(18)27/h3-13H,1-2H3,(H,30,31,33)/t13-/m0/s1. The second-order valence-corrected chi connectivity index (χ2v) is 8.49. The normalized spacial score (nSPS) is 12.0. The molecule has 0 spiro atoms. The summed E-state index contributed by atoms with van der Waals surface area (Å²) >= 11 is 11.9. The van der Waals surface area contributed by atoms with Crippen molar-refractivity contribution in [1.82, 2.24) is 29.7 Å². The number of ether oxygens (including phenoxy) is 1. The molecule has 35 heavy (non-hydrogen) atoms. The molecule has 3 heterocycles. The highest BCUT2D eigenvalue weighted by molar-refractivity contribution is 6.42. The zero-order valence-electron chi connectivity index (χ0n) is 18.6. The predicted octanol–water partition coefficient (Wildman–Crippen LogP) is 6.15. The van der Waals surface area contributed by atoms with E-state index in [1.54, 1.807) is 35.4 Å². The van der Waals surface area contributed by atoms with Gasteiger partial charge in [0.25, 0.3) is 0 Å². The Morgan fingerprint density at radius 3 is 2.63 bits per heavy atom. The van der Waals surface area contributed by atoms with Crippen LogP contribution >= 0.6 is 23.2 Å². The van der Waals surface area contributed by atoms with Crippen LogP contribution in [0.3, 0.4) is 0 Å². The van der Waals surface area contributed by atoms with Crippen LogP contribution in [-0.2, 0) is 7.05 Å². The monoisotopic (exact) mass is 509 g/mol. The Morgan fingerprint density at radius 2 is 1.89 bits per heavy atom. The molecular weight excluding hydrogens is 492 g/mol. The van der Waals surface area contributed by atoms with Crippen molar-refractivity contribution in [3.8, 4) is 16.9 Å². The number of benzene rings is 2. The molecule has 176 valence electrons. The lowest BCUT2D eigenvalue weighted by Crippen LogP contribution is -2.08. The highest BCUT2D eigenvalue weighted by atomic mass is 35.5. The van der Waals surface area contributed by atoms with E-state index in [9.17, 15) is 4.39 Å². The zero-order valence-corrected chi connectivity index (χ0v) is 20.1. The third kappa shape index (κ3) is 4.60. The summed E-state index contributed by atoms with van der Waals surface area (Å²) in [7, 11) is 1.83. The summed E-state index contributed by atoms with van der Waals surface area (Å²) in [6.45, 7) is 1.86. The van der Waals surface area contributed by atoms with Crippen LogP contribution in [0.15, 0.2) is 61.4 Å². The molecule has 0 saturated carbocycles. The quantitative estimate of drug-likeness (QED) is 0.274. The van der Waals surface area contributed by atoms with Crippen LogP contribution in [0, 0.1) is 5.82 Å². The van der Waals surface area contributed by atoms with E-state index in [0.29, 0.717) is 28.3 Å². The van der Waals surface area contributed by atoms with Crippen molar-refractivity contribution in [3.63, 3.8) is 0 Å². The van der Waals surface area contributed by atoms with E-state index in [0.717, 1.165) is 11.1 Å². The maximum absolute atomic E-state index is 14.7. The molecular formula is C24H18Cl2FN7O. The minimum absolute atomic E-state index is 0.121. The van der Waals surface area contributed by atoms with Crippen molar-refractivity contribution in [3.05, 3.63) is 83.1 Å². The van der Waals surface area contributed by atoms with E-state index in [2.05, 4.69) is 30.4 Å². The van der Waals surface area contributed by atoms with Crippen LogP contribution in [0.4, 0.5) is 15.9 Å². The Kier molecular flexibility index (Phi) is 6.19. The Bertz CT molecular complexity index is 1530. The molecule has 0 bridgehead atoms. The van der Waals surface area contributed by atoms with E-state index < -0.39 is 11.9 Å². The lowest BCUT2D eigenvalue weighted by atomic mass is 10.0. The second-order valence-electron chi connectivity index (χ2n) is 7.71. The largest absolute Gasteiger partial charge is 0.482 e. The van der Waals surface area contributed by atoms with Crippen molar-refractivity contribution in [2.75, 3.05) is 5.32 Å². The molecule has 2 aromatic carbocycles. The lowest BCUT2D eigenvalue weighted by Gasteiger charge is -2.18. The van der Waals surface area contributed by atoms with E-state index in [1.807, 2.05) is 26.2 Å². The number of nitrogens with zero attached hydrogens (tertiary/aromatic N) is 6. The molecule has 0 aliphatic carbocycles. The summed E-state index contributed by atoms with van der Waals surface area (Å²) < 4.78 is 22.7. The summed E-state index contributed by atoms with van der Waals surface area (Å²) in [6.07, 6.45) is 7.89. The predicted molar refractivity (Wildman–Crippen MR) is 133 cm³/mol. The fourth-order valence-electron chi connectivity index (χ4n) is 3.58. The fourth-order valence-corrected chi connectivity index (χ4v) is 3.89. The topological polar surface area (TPSA) is 90.6 Å². The van der Waals surface area contributed by atoms with Gasteiger partial charge in [-0.3, -0.25) is 4.68 Å². The number of aryl methyl sites for hydroxylation is 1. The number of hydrogen-bond acceptors (Lipinski definition) is 7. The van der Waals surface area contributed by atoms with Gasteiger partial charge in [0.05, 0.1) is 27.4 Å². The van der Waals surface area contributed by atoms with Crippen molar-refractivity contribution >= 4 is 45.6 Å². The first-order valence-electron chi connectivity index (χ1n) is 10.5. The van der Waals surface area contributed by atoms with Crippen molar-refractivity contribution in [2.45, 2.75) is 13.0 Å². The van der Waals surface area contributed by atoms with Gasteiger partial charge in [-0.25, -0.2) is 24.3 Å². The van der Waals surface area contributed by atoms with E-state index in [4.69, 9.17) is 27.9 Å². The summed E-state index contributed by atoms with van der Waals surface area (Å²) in [4.78, 5) is 17.3. The molecule has 5 aromatic rings. The summed E-state index contributed by atoms with van der Waals surface area (Å²) in [6, 6.07) is 8.42. The van der Waals surface area contributed by atoms with Crippen LogP contribution in [0.25, 0.3) is 22.0 Å². The van der Waals surface area contributed by atoms with E-state index >= 15 is 0 Å². The molecule has 0 radical (unpaired) electrons. The zero-order chi connectivity index (χ0) is 24.5. The van der Waals surface area contributed by atoms with Crippen molar-refractivity contribution in [2.24, 2.45) is 7.05 Å². The van der Waals surface area contributed by atoms with Crippen molar-refractivity contribution < 1.29 is 9.13 Å². The Labute approximate surface area is 209 Å². The first-order valence-corrected chi connectivity index (χ1v) is 11.3. The SMILES string of the molecule is C[C@H](Oc1cc2c(Nc3ccc(Cl)c(Cl)c3F)ncnc2cc1-c1cnn(C)c1)c1ncccn1. The third-order valence-electron chi connectivity index (χ3n) is 5.29. The molecule has 8 nitrogen and oxygen atoms in total. The summed E-state index contributed by atoms with van der Waals surface area (Å²) in [5.74, 6) is 0.769. The van der Waals surface area contributed by atoms with Crippen LogP contribution < -0.4 is 10.1 Å². The molecule has 5 rings (SSSR count). The highest BCUT2D eigenvalue weighted by Gasteiger charge is 2.19. The Balaban J connectivity index is 1.62. The maximum Gasteiger partial charge on any atom is 0.168 e. The average Bonchev–Trinajstić information content (AvgIpc) is 3.30. The molecule has 3 aromatic heterocycles. The smallest absolute Gasteiger partial charge is 0.168 e. The van der Waals surface area contributed by atoms with Gasteiger partial charge in [-0.05, 0) is 37.3 Å². The molecule has 1 N–H and O–H groups in total. The minimum atomic E-state index is -0.677. The number of anilines is 2. The van der Waals surface area contributed by atoms with Gasteiger partial charge in [-0.2, -0.15) is 5.10 Å². The highest BCUT2D eigenvalue weighted by Crippen LogP contribution is 2.38. The Hall–Kier alpha value is -3.82. The molecule has 11 heteroatoms. The van der Waals surface area contributed by atoms with Crippen LogP contribution in [0.1, 0.15) is 18.9 Å². The second kappa shape index (κ2) is 9.44. The first-order chi connectivity index (χ1) is 16.9.